The number of alkyl halides is 1. The van der Waals surface area contributed by atoms with E-state index in [1.54, 1.807) is 52.0 Å². The standard InChI is InChI=1S/C13H20BFO3/c1-12(2,16)13(3,4)18-14(17)11-7-5-10(9-15)6-8-11/h5-8,16-17H,9H2,1-4H3. The van der Waals surface area contributed by atoms with Crippen LogP contribution >= 0.6 is 0 Å². The van der Waals surface area contributed by atoms with Crippen molar-refractivity contribution < 1.29 is 19.2 Å². The highest BCUT2D eigenvalue weighted by molar-refractivity contribution is 6.60. The highest BCUT2D eigenvalue weighted by Crippen LogP contribution is 2.25. The van der Waals surface area contributed by atoms with Gasteiger partial charge in [-0.3, -0.25) is 0 Å². The minimum Gasteiger partial charge on any atom is -0.423 e. The highest BCUT2D eigenvalue weighted by atomic mass is 19.1. The molecule has 100 valence electrons. The summed E-state index contributed by atoms with van der Waals surface area (Å²) in [7, 11) is -1.15. The van der Waals surface area contributed by atoms with E-state index in [1.165, 1.54) is 0 Å². The minimum absolute atomic E-state index is 0.532. The maximum atomic E-state index is 12.4. The third-order valence-electron chi connectivity index (χ3n) is 3.30. The zero-order valence-electron chi connectivity index (χ0n) is 11.3. The van der Waals surface area contributed by atoms with Crippen LogP contribution in [-0.2, 0) is 11.3 Å². The SMILES string of the molecule is CC(C)(O)C(C)(C)OB(O)c1ccc(CF)cc1. The van der Waals surface area contributed by atoms with Crippen LogP contribution < -0.4 is 5.46 Å². The van der Waals surface area contributed by atoms with Gasteiger partial charge in [0, 0.05) is 0 Å². The van der Waals surface area contributed by atoms with Gasteiger partial charge < -0.3 is 14.8 Å². The van der Waals surface area contributed by atoms with E-state index in [1.807, 2.05) is 0 Å². The first kappa shape index (κ1) is 15.2. The van der Waals surface area contributed by atoms with E-state index in [-0.39, 0.29) is 0 Å². The molecule has 2 N–H and O–H groups in total. The van der Waals surface area contributed by atoms with Gasteiger partial charge in [0.15, 0.2) is 0 Å². The summed E-state index contributed by atoms with van der Waals surface area (Å²) in [5.41, 5.74) is -0.921. The van der Waals surface area contributed by atoms with Crippen LogP contribution in [0.1, 0.15) is 33.3 Å². The molecule has 1 rings (SSSR count). The fraction of sp³-hybridized carbons (Fsp3) is 0.538. The van der Waals surface area contributed by atoms with Crippen molar-refractivity contribution >= 4 is 12.6 Å². The van der Waals surface area contributed by atoms with Gasteiger partial charge in [-0.1, -0.05) is 24.3 Å². The van der Waals surface area contributed by atoms with Crippen LogP contribution in [0.15, 0.2) is 24.3 Å². The minimum atomic E-state index is -1.15. The van der Waals surface area contributed by atoms with Crippen molar-refractivity contribution in [3.8, 4) is 0 Å². The molecule has 0 atom stereocenters. The lowest BCUT2D eigenvalue weighted by molar-refractivity contribution is -0.0982. The smallest absolute Gasteiger partial charge is 0.423 e. The van der Waals surface area contributed by atoms with E-state index >= 15 is 0 Å². The molecule has 0 aliphatic heterocycles. The first-order valence-electron chi connectivity index (χ1n) is 5.90. The second-order valence-electron chi connectivity index (χ2n) is 5.41. The molecule has 0 heterocycles. The molecule has 0 saturated carbocycles. The van der Waals surface area contributed by atoms with Crippen LogP contribution in [0.3, 0.4) is 0 Å². The largest absolute Gasteiger partial charge is 0.491 e. The van der Waals surface area contributed by atoms with Crippen molar-refractivity contribution in [3.63, 3.8) is 0 Å². The van der Waals surface area contributed by atoms with Crippen molar-refractivity contribution in [2.75, 3.05) is 0 Å². The normalized spacial score (nSPS) is 12.6. The Kier molecular flexibility index (Phi) is 4.53. The molecule has 3 nitrogen and oxygen atoms in total. The van der Waals surface area contributed by atoms with Gasteiger partial charge in [0.1, 0.15) is 6.67 Å². The first-order chi connectivity index (χ1) is 8.17. The predicted octanol–water partition coefficient (Wildman–Crippen LogP) is 1.41. The lowest BCUT2D eigenvalue weighted by Gasteiger charge is -2.38. The summed E-state index contributed by atoms with van der Waals surface area (Å²) < 4.78 is 17.8. The van der Waals surface area contributed by atoms with E-state index in [0.717, 1.165) is 0 Å². The number of benzene rings is 1. The van der Waals surface area contributed by atoms with Gasteiger partial charge in [-0.2, -0.15) is 0 Å². The van der Waals surface area contributed by atoms with E-state index in [0.29, 0.717) is 11.0 Å². The Labute approximate surface area is 108 Å². The molecule has 18 heavy (non-hydrogen) atoms. The Balaban J connectivity index is 2.78. The van der Waals surface area contributed by atoms with Crippen molar-refractivity contribution in [1.29, 1.82) is 0 Å². The van der Waals surface area contributed by atoms with Crippen LogP contribution in [0.25, 0.3) is 0 Å². The van der Waals surface area contributed by atoms with Gasteiger partial charge in [-0.25, -0.2) is 4.39 Å². The second-order valence-corrected chi connectivity index (χ2v) is 5.41. The maximum absolute atomic E-state index is 12.4. The second kappa shape index (κ2) is 5.39. The van der Waals surface area contributed by atoms with Crippen molar-refractivity contribution in [1.82, 2.24) is 0 Å². The molecule has 0 unspecified atom stereocenters. The van der Waals surface area contributed by atoms with E-state index in [4.69, 9.17) is 4.65 Å². The van der Waals surface area contributed by atoms with Gasteiger partial charge in [0.05, 0.1) is 11.2 Å². The summed E-state index contributed by atoms with van der Waals surface area (Å²) in [6, 6.07) is 6.41. The van der Waals surface area contributed by atoms with E-state index in [9.17, 15) is 14.5 Å². The van der Waals surface area contributed by atoms with Gasteiger partial charge in [-0.15, -0.1) is 0 Å². The van der Waals surface area contributed by atoms with Crippen LogP contribution in [-0.4, -0.2) is 28.5 Å². The molecule has 1 aromatic carbocycles. The number of rotatable bonds is 5. The van der Waals surface area contributed by atoms with E-state index in [2.05, 4.69) is 0 Å². The van der Waals surface area contributed by atoms with Crippen LogP contribution in [0.5, 0.6) is 0 Å². The number of aliphatic hydroxyl groups is 1. The molecular weight excluding hydrogens is 234 g/mol. The zero-order chi connectivity index (χ0) is 14.0. The first-order valence-corrected chi connectivity index (χ1v) is 5.90. The summed E-state index contributed by atoms with van der Waals surface area (Å²) in [4.78, 5) is 0. The molecule has 0 aromatic heterocycles. The van der Waals surface area contributed by atoms with Crippen LogP contribution in [0, 0.1) is 0 Å². The fourth-order valence-electron chi connectivity index (χ4n) is 1.26. The molecule has 0 saturated heterocycles. The monoisotopic (exact) mass is 254 g/mol. The van der Waals surface area contributed by atoms with Gasteiger partial charge in [0.2, 0.25) is 0 Å². The molecular formula is C13H20BFO3. The van der Waals surface area contributed by atoms with Gasteiger partial charge in [0.25, 0.3) is 0 Å². The summed E-state index contributed by atoms with van der Waals surface area (Å²) in [6.45, 7) is 6.10. The van der Waals surface area contributed by atoms with Gasteiger partial charge >= 0.3 is 7.12 Å². The summed E-state index contributed by atoms with van der Waals surface area (Å²) >= 11 is 0. The summed E-state index contributed by atoms with van der Waals surface area (Å²) in [6.07, 6.45) is 0. The van der Waals surface area contributed by atoms with Crippen LogP contribution in [0.4, 0.5) is 4.39 Å². The van der Waals surface area contributed by atoms with Gasteiger partial charge in [-0.05, 0) is 38.7 Å². The molecule has 0 spiro atoms. The average molecular weight is 254 g/mol. The number of hydrogen-bond donors (Lipinski definition) is 2. The van der Waals surface area contributed by atoms with E-state index < -0.39 is 25.0 Å². The highest BCUT2D eigenvalue weighted by Gasteiger charge is 2.39. The van der Waals surface area contributed by atoms with Crippen molar-refractivity contribution in [2.45, 2.75) is 45.6 Å². The third-order valence-corrected chi connectivity index (χ3v) is 3.30. The molecule has 0 amide bonds. The lowest BCUT2D eigenvalue weighted by Crippen LogP contribution is -2.53. The van der Waals surface area contributed by atoms with Crippen LogP contribution in [0.2, 0.25) is 0 Å². The predicted molar refractivity (Wildman–Crippen MR) is 70.3 cm³/mol. The fourth-order valence-corrected chi connectivity index (χ4v) is 1.26. The molecule has 0 fully saturated rings. The molecule has 0 aliphatic carbocycles. The van der Waals surface area contributed by atoms with Crippen molar-refractivity contribution in [3.05, 3.63) is 29.8 Å². The molecule has 0 radical (unpaired) electrons. The topological polar surface area (TPSA) is 49.7 Å². The zero-order valence-corrected chi connectivity index (χ0v) is 11.3. The Morgan fingerprint density at radius 2 is 1.67 bits per heavy atom. The average Bonchev–Trinajstić information content (AvgIpc) is 2.27. The summed E-state index contributed by atoms with van der Waals surface area (Å²) in [5, 5.41) is 19.9. The molecule has 1 aromatic rings. The Morgan fingerprint density at radius 3 is 2.06 bits per heavy atom. The Hall–Kier alpha value is -0.905. The third kappa shape index (κ3) is 3.54. The molecule has 5 heteroatoms. The Bertz CT molecular complexity index is 384. The number of hydrogen-bond acceptors (Lipinski definition) is 3. The van der Waals surface area contributed by atoms with Crippen molar-refractivity contribution in [2.24, 2.45) is 0 Å². The maximum Gasteiger partial charge on any atom is 0.491 e. The quantitative estimate of drug-likeness (QED) is 0.781. The molecule has 0 bridgehead atoms. The molecule has 0 aliphatic rings. The summed E-state index contributed by atoms with van der Waals surface area (Å²) in [5.74, 6) is 0. The number of halogens is 1. The Morgan fingerprint density at radius 1 is 1.17 bits per heavy atom. The lowest BCUT2D eigenvalue weighted by atomic mass is 9.76.